The average Bonchev–Trinajstić information content (AvgIpc) is 3.26. The number of nitrogens with zero attached hydrogens (tertiary/aromatic N) is 4. The van der Waals surface area contributed by atoms with Gasteiger partial charge < -0.3 is 0 Å². The van der Waals surface area contributed by atoms with Gasteiger partial charge in [-0.1, -0.05) is 55.5 Å². The fraction of sp³-hybridized carbons (Fsp3) is 0.231. The minimum atomic E-state index is -2.84. The molecule has 7 heteroatoms. The van der Waals surface area contributed by atoms with Crippen molar-refractivity contribution in [2.75, 3.05) is 0 Å². The molecule has 0 amide bonds. The summed E-state index contributed by atoms with van der Waals surface area (Å²) in [5.41, 5.74) is 4.84. The van der Waals surface area contributed by atoms with Gasteiger partial charge in [0.1, 0.15) is 5.78 Å². The Morgan fingerprint density at radius 3 is 1.94 bits per heavy atom. The fourth-order valence-corrected chi connectivity index (χ4v) is 3.67. The molecule has 4 rings (SSSR count). The smallest absolute Gasteiger partial charge is 0.273 e. The van der Waals surface area contributed by atoms with Gasteiger partial charge in [-0.05, 0) is 11.1 Å². The lowest BCUT2D eigenvalue weighted by molar-refractivity contribution is -0.117. The van der Waals surface area contributed by atoms with Crippen LogP contribution in [-0.2, 0) is 30.6 Å². The van der Waals surface area contributed by atoms with Gasteiger partial charge in [0.2, 0.25) is 0 Å². The average molecular weight is 447 g/mol. The Morgan fingerprint density at radius 1 is 0.879 bits per heavy atom. The van der Waals surface area contributed by atoms with Crippen molar-refractivity contribution in [3.05, 3.63) is 90.0 Å². The van der Waals surface area contributed by atoms with Crippen molar-refractivity contribution in [1.29, 1.82) is 0 Å². The highest BCUT2D eigenvalue weighted by molar-refractivity contribution is 5.83. The van der Waals surface area contributed by atoms with Crippen LogP contribution in [0, 0.1) is 0 Å². The molecule has 0 aliphatic heterocycles. The van der Waals surface area contributed by atoms with E-state index >= 15 is 0 Å². The molecule has 2 aromatic carbocycles. The highest BCUT2D eigenvalue weighted by atomic mass is 19.3. The third-order valence-corrected chi connectivity index (χ3v) is 5.53. The lowest BCUT2D eigenvalue weighted by Crippen LogP contribution is -2.12. The Labute approximate surface area is 191 Å². The highest BCUT2D eigenvalue weighted by Crippen LogP contribution is 2.31. The zero-order valence-electron chi connectivity index (χ0n) is 18.5. The van der Waals surface area contributed by atoms with Crippen LogP contribution >= 0.6 is 0 Å². The first kappa shape index (κ1) is 22.5. The summed E-state index contributed by atoms with van der Waals surface area (Å²) in [6.45, 7) is 1.45. The molecule has 168 valence electrons. The predicted molar refractivity (Wildman–Crippen MR) is 123 cm³/mol. The van der Waals surface area contributed by atoms with Crippen LogP contribution in [0.2, 0.25) is 0 Å². The number of benzene rings is 2. The molecule has 0 radical (unpaired) electrons. The van der Waals surface area contributed by atoms with E-state index in [4.69, 9.17) is 0 Å². The fourth-order valence-electron chi connectivity index (χ4n) is 3.67. The molecular weight excluding hydrogens is 422 g/mol. The van der Waals surface area contributed by atoms with Gasteiger partial charge in [0.15, 0.2) is 0 Å². The van der Waals surface area contributed by atoms with Gasteiger partial charge >= 0.3 is 0 Å². The molecule has 0 bridgehead atoms. The first-order chi connectivity index (χ1) is 15.9. The summed E-state index contributed by atoms with van der Waals surface area (Å²) < 4.78 is 29.2. The van der Waals surface area contributed by atoms with Crippen molar-refractivity contribution >= 4 is 5.78 Å². The molecule has 0 fully saturated rings. The number of carbonyl (C=O) groups excluding carboxylic acids is 1. The number of halogens is 2. The van der Waals surface area contributed by atoms with Gasteiger partial charge in [0.25, 0.3) is 5.92 Å². The van der Waals surface area contributed by atoms with Crippen molar-refractivity contribution in [2.24, 2.45) is 7.05 Å². The molecule has 33 heavy (non-hydrogen) atoms. The van der Waals surface area contributed by atoms with Crippen LogP contribution in [0.1, 0.15) is 30.0 Å². The van der Waals surface area contributed by atoms with Crippen LogP contribution in [-0.4, -0.2) is 25.5 Å². The van der Waals surface area contributed by atoms with Gasteiger partial charge in [-0.2, -0.15) is 5.10 Å². The Morgan fingerprint density at radius 2 is 1.42 bits per heavy atom. The second-order valence-corrected chi connectivity index (χ2v) is 8.00. The van der Waals surface area contributed by atoms with Crippen molar-refractivity contribution < 1.29 is 13.6 Å². The summed E-state index contributed by atoms with van der Waals surface area (Å²) >= 11 is 0. The van der Waals surface area contributed by atoms with E-state index in [0.29, 0.717) is 0 Å². The molecular formula is C26H24F2N4O. The number of aryl methyl sites for hydroxylation is 1. The second kappa shape index (κ2) is 9.40. The largest absolute Gasteiger partial charge is 0.299 e. The quantitative estimate of drug-likeness (QED) is 0.364. The lowest BCUT2D eigenvalue weighted by Gasteiger charge is -2.14. The zero-order chi connectivity index (χ0) is 23.4. The Hall–Kier alpha value is -3.74. The van der Waals surface area contributed by atoms with Crippen LogP contribution in [0.25, 0.3) is 22.5 Å². The van der Waals surface area contributed by atoms with Crippen molar-refractivity contribution in [1.82, 2.24) is 19.7 Å². The number of rotatable bonds is 8. The van der Waals surface area contributed by atoms with E-state index in [1.54, 1.807) is 35.4 Å². The Kier molecular flexibility index (Phi) is 6.40. The first-order valence-electron chi connectivity index (χ1n) is 10.7. The molecule has 5 nitrogen and oxygen atoms in total. The molecule has 0 saturated heterocycles. The van der Waals surface area contributed by atoms with Crippen LogP contribution < -0.4 is 0 Å². The maximum atomic E-state index is 13.8. The normalized spacial score (nSPS) is 11.5. The maximum absolute atomic E-state index is 13.8. The lowest BCUT2D eigenvalue weighted by atomic mass is 9.98. The van der Waals surface area contributed by atoms with E-state index in [1.807, 2.05) is 37.5 Å². The summed E-state index contributed by atoms with van der Waals surface area (Å²) in [7, 11) is 1.85. The summed E-state index contributed by atoms with van der Waals surface area (Å²) in [6.07, 6.45) is 7.15. The van der Waals surface area contributed by atoms with Gasteiger partial charge in [0, 0.05) is 61.6 Å². The standard InChI is InChI=1S/C26H24F2N4O/c1-3-26(27,28)22-10-6-19(7-11-22)15-23(33)14-18-4-8-20(9-5-18)24-25(30-13-12-29-24)21-16-31-32(2)17-21/h4-13,16-17H,3,14-15H2,1-2H3. The van der Waals surface area contributed by atoms with E-state index in [-0.39, 0.29) is 30.6 Å². The summed E-state index contributed by atoms with van der Waals surface area (Å²) in [6, 6.07) is 13.7. The van der Waals surface area contributed by atoms with Crippen LogP contribution in [0.5, 0.6) is 0 Å². The number of ketones is 1. The maximum Gasteiger partial charge on any atom is 0.273 e. The number of hydrogen-bond acceptors (Lipinski definition) is 4. The molecule has 0 atom stereocenters. The molecule has 0 N–H and O–H groups in total. The zero-order valence-corrected chi connectivity index (χ0v) is 18.5. The van der Waals surface area contributed by atoms with Crippen LogP contribution in [0.4, 0.5) is 8.78 Å². The topological polar surface area (TPSA) is 60.7 Å². The van der Waals surface area contributed by atoms with E-state index < -0.39 is 5.92 Å². The molecule has 0 aliphatic rings. The number of Topliss-reactive ketones (excluding diaryl/α,β-unsaturated/α-hetero) is 1. The number of carbonyl (C=O) groups is 1. The molecule has 4 aromatic rings. The molecule has 0 unspecified atom stereocenters. The van der Waals surface area contributed by atoms with E-state index in [0.717, 1.165) is 33.6 Å². The van der Waals surface area contributed by atoms with E-state index in [1.165, 1.54) is 19.1 Å². The van der Waals surface area contributed by atoms with Gasteiger partial charge in [-0.25, -0.2) is 8.78 Å². The van der Waals surface area contributed by atoms with E-state index in [2.05, 4.69) is 15.1 Å². The molecule has 0 saturated carbocycles. The third-order valence-electron chi connectivity index (χ3n) is 5.53. The van der Waals surface area contributed by atoms with Crippen molar-refractivity contribution in [3.63, 3.8) is 0 Å². The number of alkyl halides is 2. The van der Waals surface area contributed by atoms with Gasteiger partial charge in [0.05, 0.1) is 17.6 Å². The summed E-state index contributed by atoms with van der Waals surface area (Å²) in [5.74, 6) is -2.82. The van der Waals surface area contributed by atoms with E-state index in [9.17, 15) is 13.6 Å². The SMILES string of the molecule is CCC(F)(F)c1ccc(CC(=O)Cc2ccc(-c3nccnc3-c3cnn(C)c3)cc2)cc1. The molecule has 0 spiro atoms. The molecule has 2 aromatic heterocycles. The number of aromatic nitrogens is 4. The van der Waals surface area contributed by atoms with Gasteiger partial charge in [-0.3, -0.25) is 19.4 Å². The van der Waals surface area contributed by atoms with Crippen LogP contribution in [0.15, 0.2) is 73.3 Å². The third kappa shape index (κ3) is 5.19. The Balaban J connectivity index is 1.44. The first-order valence-corrected chi connectivity index (χ1v) is 10.7. The molecule has 0 aliphatic carbocycles. The van der Waals surface area contributed by atoms with Crippen molar-refractivity contribution in [3.8, 4) is 22.5 Å². The number of hydrogen-bond donors (Lipinski definition) is 0. The minimum absolute atomic E-state index is 0.0216. The molecule has 2 heterocycles. The summed E-state index contributed by atoms with van der Waals surface area (Å²) in [5, 5.41) is 4.20. The second-order valence-electron chi connectivity index (χ2n) is 8.00. The van der Waals surface area contributed by atoms with Gasteiger partial charge in [-0.15, -0.1) is 0 Å². The monoisotopic (exact) mass is 446 g/mol. The predicted octanol–water partition coefficient (Wildman–Crippen LogP) is 5.40. The Bertz CT molecular complexity index is 1250. The highest BCUT2D eigenvalue weighted by Gasteiger charge is 2.28. The minimum Gasteiger partial charge on any atom is -0.299 e. The van der Waals surface area contributed by atoms with Crippen LogP contribution in [0.3, 0.4) is 0 Å². The van der Waals surface area contributed by atoms with Crippen molar-refractivity contribution in [2.45, 2.75) is 32.1 Å². The summed E-state index contributed by atoms with van der Waals surface area (Å²) in [4.78, 5) is 21.5.